The summed E-state index contributed by atoms with van der Waals surface area (Å²) in [7, 11) is 1.80. The minimum Gasteiger partial charge on any atom is -0.507 e. The molecule has 7 nitrogen and oxygen atoms in total. The lowest BCUT2D eigenvalue weighted by molar-refractivity contribution is -0.107. The molecule has 0 radical (unpaired) electrons. The number of phenols is 1. The highest BCUT2D eigenvalue weighted by atomic mass is 35.5. The normalized spacial score (nSPS) is 13.7. The maximum Gasteiger partial charge on any atom is 0.214 e. The summed E-state index contributed by atoms with van der Waals surface area (Å²) >= 11 is 6.47. The van der Waals surface area contributed by atoms with Crippen LogP contribution < -0.4 is 20.4 Å². The number of nitrogens with zero attached hydrogens (tertiary/aromatic N) is 3. The second-order valence-corrected chi connectivity index (χ2v) is 8.47. The molecule has 34 heavy (non-hydrogen) atoms. The van der Waals surface area contributed by atoms with Crippen LogP contribution >= 0.6 is 11.6 Å². The number of nitrogens with one attached hydrogen (secondary N) is 2. The van der Waals surface area contributed by atoms with Crippen LogP contribution in [0, 0.1) is 5.82 Å². The van der Waals surface area contributed by atoms with E-state index in [9.17, 15) is 14.3 Å². The van der Waals surface area contributed by atoms with E-state index in [4.69, 9.17) is 11.6 Å². The van der Waals surface area contributed by atoms with Crippen LogP contribution in [0.3, 0.4) is 0 Å². The molecule has 0 atom stereocenters. The highest BCUT2D eigenvalue weighted by molar-refractivity contribution is 6.34. The number of carbonyl (C=O) groups is 1. The molecule has 4 rings (SSSR count). The van der Waals surface area contributed by atoms with E-state index in [0.717, 1.165) is 38.4 Å². The van der Waals surface area contributed by atoms with Gasteiger partial charge in [0.05, 0.1) is 10.7 Å². The van der Waals surface area contributed by atoms with Gasteiger partial charge in [-0.05, 0) is 54.6 Å². The highest BCUT2D eigenvalue weighted by Crippen LogP contribution is 2.41. The minimum absolute atomic E-state index is 0.0508. The van der Waals surface area contributed by atoms with Crippen LogP contribution in [-0.2, 0) is 4.79 Å². The van der Waals surface area contributed by atoms with Crippen molar-refractivity contribution < 1.29 is 14.3 Å². The molecule has 1 aliphatic heterocycles. The number of amides is 1. The zero-order chi connectivity index (χ0) is 24.1. The molecule has 0 unspecified atom stereocenters. The number of hydrogen-bond acceptors (Lipinski definition) is 6. The van der Waals surface area contributed by atoms with E-state index < -0.39 is 5.82 Å². The van der Waals surface area contributed by atoms with Gasteiger partial charge < -0.3 is 25.5 Å². The first kappa shape index (κ1) is 23.9. The fourth-order valence-corrected chi connectivity index (χ4v) is 4.35. The third kappa shape index (κ3) is 5.14. The van der Waals surface area contributed by atoms with Crippen LogP contribution in [0.5, 0.6) is 5.75 Å². The molecular formula is C25H27ClFN5O2. The summed E-state index contributed by atoms with van der Waals surface area (Å²) in [6.45, 7) is 4.45. The Morgan fingerprint density at radius 1 is 1.18 bits per heavy atom. The van der Waals surface area contributed by atoms with E-state index >= 15 is 0 Å². The molecule has 3 aromatic rings. The summed E-state index contributed by atoms with van der Waals surface area (Å²) < 4.78 is 14.7. The predicted octanol–water partition coefficient (Wildman–Crippen LogP) is 3.51. The van der Waals surface area contributed by atoms with Crippen molar-refractivity contribution >= 4 is 29.5 Å². The Morgan fingerprint density at radius 3 is 2.53 bits per heavy atom. The summed E-state index contributed by atoms with van der Waals surface area (Å²) in [6, 6.07) is 11.3. The van der Waals surface area contributed by atoms with Crippen LogP contribution in [0.1, 0.15) is 0 Å². The summed E-state index contributed by atoms with van der Waals surface area (Å²) in [5.41, 5.74) is 2.45. The first-order chi connectivity index (χ1) is 16.5. The maximum absolute atomic E-state index is 14.7. The fraction of sp³-hybridized carbons (Fsp3) is 0.280. The van der Waals surface area contributed by atoms with Gasteiger partial charge in [-0.15, -0.1) is 0 Å². The Kier molecular flexibility index (Phi) is 7.62. The second-order valence-electron chi connectivity index (χ2n) is 8.06. The van der Waals surface area contributed by atoms with Crippen molar-refractivity contribution in [2.75, 3.05) is 56.1 Å². The Balaban J connectivity index is 1.70. The number of benzene rings is 2. The summed E-state index contributed by atoms with van der Waals surface area (Å²) in [5, 5.41) is 17.8. The Morgan fingerprint density at radius 2 is 1.88 bits per heavy atom. The van der Waals surface area contributed by atoms with E-state index in [1.54, 1.807) is 37.5 Å². The van der Waals surface area contributed by atoms with Gasteiger partial charge in [0.1, 0.15) is 17.4 Å². The van der Waals surface area contributed by atoms with E-state index in [2.05, 4.69) is 20.5 Å². The molecule has 1 aromatic heterocycles. The molecule has 0 aliphatic carbocycles. The molecule has 3 N–H and O–H groups in total. The highest BCUT2D eigenvalue weighted by Gasteiger charge is 2.18. The van der Waals surface area contributed by atoms with Crippen molar-refractivity contribution in [3.05, 3.63) is 59.5 Å². The van der Waals surface area contributed by atoms with Gasteiger partial charge in [0.2, 0.25) is 6.41 Å². The number of pyridine rings is 1. The lowest BCUT2D eigenvalue weighted by Crippen LogP contribution is -2.43. The zero-order valence-corrected chi connectivity index (χ0v) is 19.6. The van der Waals surface area contributed by atoms with Crippen molar-refractivity contribution in [3.8, 4) is 28.0 Å². The number of piperazine rings is 1. The monoisotopic (exact) mass is 483 g/mol. The van der Waals surface area contributed by atoms with Gasteiger partial charge in [-0.1, -0.05) is 17.7 Å². The number of anilines is 2. The first-order valence-corrected chi connectivity index (χ1v) is 11.5. The molecule has 0 saturated carbocycles. The van der Waals surface area contributed by atoms with Gasteiger partial charge in [-0.2, -0.15) is 0 Å². The lowest BCUT2D eigenvalue weighted by atomic mass is 9.97. The molecule has 0 bridgehead atoms. The van der Waals surface area contributed by atoms with Crippen molar-refractivity contribution in [1.82, 2.24) is 15.6 Å². The van der Waals surface area contributed by atoms with Gasteiger partial charge in [0.15, 0.2) is 0 Å². The van der Waals surface area contributed by atoms with Crippen LogP contribution in [0.2, 0.25) is 5.02 Å². The molecule has 9 heteroatoms. The fourth-order valence-electron chi connectivity index (χ4n) is 4.06. The van der Waals surface area contributed by atoms with Crippen molar-refractivity contribution in [1.29, 1.82) is 0 Å². The van der Waals surface area contributed by atoms with E-state index in [0.29, 0.717) is 46.1 Å². The van der Waals surface area contributed by atoms with Gasteiger partial charge >= 0.3 is 0 Å². The molecule has 0 spiro atoms. The summed E-state index contributed by atoms with van der Waals surface area (Å²) in [6.07, 6.45) is 2.39. The Labute approximate surface area is 203 Å². The minimum atomic E-state index is -0.480. The summed E-state index contributed by atoms with van der Waals surface area (Å²) in [5.74, 6) is 0.254. The predicted molar refractivity (Wildman–Crippen MR) is 134 cm³/mol. The number of aromatic hydroxyl groups is 1. The third-order valence-corrected chi connectivity index (χ3v) is 6.17. The van der Waals surface area contributed by atoms with Gasteiger partial charge in [0.25, 0.3) is 0 Å². The van der Waals surface area contributed by atoms with E-state index in [1.165, 1.54) is 17.0 Å². The number of rotatable bonds is 8. The molecular weight excluding hydrogens is 457 g/mol. The molecule has 1 amide bonds. The topological polar surface area (TPSA) is 80.7 Å². The Hall–Kier alpha value is -3.20. The average molecular weight is 484 g/mol. The number of halogens is 2. The van der Waals surface area contributed by atoms with Crippen molar-refractivity contribution in [3.63, 3.8) is 0 Å². The third-order valence-electron chi connectivity index (χ3n) is 5.87. The number of carbonyl (C=O) groups excluding carboxylic acids is 1. The van der Waals surface area contributed by atoms with Gasteiger partial charge in [-0.25, -0.2) is 9.37 Å². The molecule has 2 aromatic carbocycles. The zero-order valence-electron chi connectivity index (χ0n) is 18.9. The van der Waals surface area contributed by atoms with E-state index in [1.807, 2.05) is 6.07 Å². The molecule has 2 heterocycles. The van der Waals surface area contributed by atoms with Crippen molar-refractivity contribution in [2.45, 2.75) is 0 Å². The molecule has 1 fully saturated rings. The van der Waals surface area contributed by atoms with Crippen LogP contribution in [0.15, 0.2) is 48.7 Å². The average Bonchev–Trinajstić information content (AvgIpc) is 2.87. The first-order valence-electron chi connectivity index (χ1n) is 11.1. The summed E-state index contributed by atoms with van der Waals surface area (Å²) in [4.78, 5) is 19.6. The maximum atomic E-state index is 14.7. The van der Waals surface area contributed by atoms with Crippen LogP contribution in [0.4, 0.5) is 15.9 Å². The van der Waals surface area contributed by atoms with Crippen molar-refractivity contribution in [2.24, 2.45) is 0 Å². The van der Waals surface area contributed by atoms with Crippen LogP contribution in [-0.4, -0.2) is 62.8 Å². The largest absolute Gasteiger partial charge is 0.507 e. The molecule has 1 aliphatic rings. The van der Waals surface area contributed by atoms with Gasteiger partial charge in [-0.3, -0.25) is 4.79 Å². The second kappa shape index (κ2) is 10.8. The Bertz CT molecular complexity index is 1170. The standard InChI is InChI=1S/C25H27ClFN5O2/c1-28-6-9-32(16-33)23-3-2-17(12-22(23)26)20-14-19(27)15-21(25(20)34)18-4-5-30-24(13-18)31-10-7-29-8-11-31/h2-5,12-16,28-29,34H,6-11H2,1H3. The molecule has 178 valence electrons. The van der Waals surface area contributed by atoms with E-state index in [-0.39, 0.29) is 5.75 Å². The van der Waals surface area contributed by atoms with Crippen LogP contribution in [0.25, 0.3) is 22.3 Å². The number of aromatic nitrogens is 1. The number of likely N-dealkylation sites (N-methyl/N-ethyl adjacent to an activating group) is 1. The molecule has 1 saturated heterocycles. The smallest absolute Gasteiger partial charge is 0.214 e. The lowest BCUT2D eigenvalue weighted by Gasteiger charge is -2.28. The quantitative estimate of drug-likeness (QED) is 0.425. The SMILES string of the molecule is CNCCN(C=O)c1ccc(-c2cc(F)cc(-c3ccnc(N4CCNCC4)c3)c2O)cc1Cl. The van der Waals surface area contributed by atoms with Gasteiger partial charge in [0, 0.05) is 56.6 Å². The number of hydrogen-bond donors (Lipinski definition) is 3. The number of phenolic OH excluding ortho intramolecular Hbond substituents is 1.